The molecule has 0 amide bonds. The van der Waals surface area contributed by atoms with Crippen molar-refractivity contribution < 1.29 is 14.3 Å². The molecule has 0 radical (unpaired) electrons. The minimum atomic E-state index is -0.485. The minimum absolute atomic E-state index is 0.177. The Morgan fingerprint density at radius 2 is 2.20 bits per heavy atom. The van der Waals surface area contributed by atoms with Crippen LogP contribution in [0.15, 0.2) is 12.1 Å². The number of hydrogen-bond acceptors (Lipinski definition) is 4. The zero-order chi connectivity index (χ0) is 11.4. The molecule has 5 heteroatoms. The molecule has 0 aliphatic rings. The van der Waals surface area contributed by atoms with E-state index < -0.39 is 5.97 Å². The largest absolute Gasteiger partial charge is 0.493 e. The molecular weight excluding hydrogens is 218 g/mol. The van der Waals surface area contributed by atoms with Gasteiger partial charge in [0.05, 0.1) is 30.0 Å². The van der Waals surface area contributed by atoms with Gasteiger partial charge in [-0.3, -0.25) is 0 Å². The van der Waals surface area contributed by atoms with Gasteiger partial charge < -0.3 is 15.2 Å². The van der Waals surface area contributed by atoms with Crippen molar-refractivity contribution in [2.24, 2.45) is 0 Å². The van der Waals surface area contributed by atoms with E-state index in [2.05, 4.69) is 0 Å². The SMILES string of the molecule is CCOC(=O)c1ccc(N)c(OC)c1Cl. The number of halogens is 1. The molecule has 0 aromatic heterocycles. The lowest BCUT2D eigenvalue weighted by molar-refractivity contribution is 0.0526. The number of nitrogen functional groups attached to an aromatic ring is 1. The normalized spacial score (nSPS) is 9.80. The minimum Gasteiger partial charge on any atom is -0.493 e. The highest BCUT2D eigenvalue weighted by Gasteiger charge is 2.16. The molecule has 1 rings (SSSR count). The lowest BCUT2D eigenvalue weighted by Gasteiger charge is -2.10. The number of rotatable bonds is 3. The summed E-state index contributed by atoms with van der Waals surface area (Å²) < 4.78 is 9.81. The maximum atomic E-state index is 11.4. The molecule has 1 aromatic carbocycles. The Hall–Kier alpha value is -1.42. The van der Waals surface area contributed by atoms with Crippen LogP contribution in [0, 0.1) is 0 Å². The molecule has 0 saturated heterocycles. The van der Waals surface area contributed by atoms with Gasteiger partial charge in [0.2, 0.25) is 0 Å². The molecule has 0 aliphatic carbocycles. The van der Waals surface area contributed by atoms with Crippen molar-refractivity contribution in [2.45, 2.75) is 6.92 Å². The highest BCUT2D eigenvalue weighted by atomic mass is 35.5. The van der Waals surface area contributed by atoms with Crippen LogP contribution >= 0.6 is 11.6 Å². The summed E-state index contributed by atoms with van der Waals surface area (Å²) in [5.74, 6) is -0.192. The number of anilines is 1. The van der Waals surface area contributed by atoms with Crippen LogP contribution in [-0.2, 0) is 4.74 Å². The van der Waals surface area contributed by atoms with E-state index in [0.717, 1.165) is 0 Å². The lowest BCUT2D eigenvalue weighted by Crippen LogP contribution is -2.07. The lowest BCUT2D eigenvalue weighted by atomic mass is 10.2. The van der Waals surface area contributed by atoms with E-state index in [0.29, 0.717) is 18.0 Å². The quantitative estimate of drug-likeness (QED) is 0.637. The van der Waals surface area contributed by atoms with Crippen molar-refractivity contribution in [3.05, 3.63) is 22.7 Å². The molecule has 0 heterocycles. The van der Waals surface area contributed by atoms with Crippen LogP contribution < -0.4 is 10.5 Å². The van der Waals surface area contributed by atoms with Gasteiger partial charge in [0, 0.05) is 0 Å². The van der Waals surface area contributed by atoms with Crippen LogP contribution in [0.25, 0.3) is 0 Å². The molecule has 4 nitrogen and oxygen atoms in total. The van der Waals surface area contributed by atoms with E-state index >= 15 is 0 Å². The summed E-state index contributed by atoms with van der Waals surface area (Å²) in [6.45, 7) is 2.02. The maximum Gasteiger partial charge on any atom is 0.339 e. The molecule has 15 heavy (non-hydrogen) atoms. The summed E-state index contributed by atoms with van der Waals surface area (Å²) in [6, 6.07) is 3.06. The maximum absolute atomic E-state index is 11.4. The predicted molar refractivity (Wildman–Crippen MR) is 58.4 cm³/mol. The summed E-state index contributed by atoms with van der Waals surface area (Å²) in [4.78, 5) is 11.4. The molecule has 2 N–H and O–H groups in total. The second-order valence-electron chi connectivity index (χ2n) is 2.77. The number of carbonyl (C=O) groups is 1. The standard InChI is InChI=1S/C10H12ClNO3/c1-3-15-10(13)6-4-5-7(12)9(14-2)8(6)11/h4-5H,3,12H2,1-2H3. The number of ether oxygens (including phenoxy) is 2. The smallest absolute Gasteiger partial charge is 0.339 e. The molecule has 0 saturated carbocycles. The fourth-order valence-electron chi connectivity index (χ4n) is 1.14. The molecular formula is C10H12ClNO3. The molecule has 0 aliphatic heterocycles. The van der Waals surface area contributed by atoms with Gasteiger partial charge in [-0.1, -0.05) is 11.6 Å². The number of nitrogens with two attached hydrogens (primary N) is 1. The van der Waals surface area contributed by atoms with Crippen molar-refractivity contribution in [2.75, 3.05) is 19.5 Å². The number of hydrogen-bond donors (Lipinski definition) is 1. The average molecular weight is 230 g/mol. The van der Waals surface area contributed by atoms with Gasteiger partial charge in [0.25, 0.3) is 0 Å². The third-order valence-corrected chi connectivity index (χ3v) is 2.20. The Balaban J connectivity index is 3.15. The summed E-state index contributed by atoms with van der Waals surface area (Å²) in [7, 11) is 1.44. The fraction of sp³-hybridized carbons (Fsp3) is 0.300. The second-order valence-corrected chi connectivity index (χ2v) is 3.15. The first kappa shape index (κ1) is 11.7. The zero-order valence-electron chi connectivity index (χ0n) is 8.54. The zero-order valence-corrected chi connectivity index (χ0v) is 9.30. The van der Waals surface area contributed by atoms with Crippen molar-refractivity contribution in [1.29, 1.82) is 0 Å². The van der Waals surface area contributed by atoms with E-state index in [1.807, 2.05) is 0 Å². The van der Waals surface area contributed by atoms with Crippen molar-refractivity contribution in [1.82, 2.24) is 0 Å². The van der Waals surface area contributed by atoms with Crippen LogP contribution in [0.3, 0.4) is 0 Å². The van der Waals surface area contributed by atoms with Gasteiger partial charge in [0.1, 0.15) is 0 Å². The van der Waals surface area contributed by atoms with Gasteiger partial charge in [-0.25, -0.2) is 4.79 Å². The fourth-order valence-corrected chi connectivity index (χ4v) is 1.47. The first-order chi connectivity index (χ1) is 7.11. The molecule has 82 valence electrons. The Kier molecular flexibility index (Phi) is 3.80. The highest BCUT2D eigenvalue weighted by Crippen LogP contribution is 2.34. The van der Waals surface area contributed by atoms with Gasteiger partial charge in [-0.05, 0) is 19.1 Å². The van der Waals surface area contributed by atoms with Gasteiger partial charge in [-0.15, -0.1) is 0 Å². The highest BCUT2D eigenvalue weighted by molar-refractivity contribution is 6.35. The van der Waals surface area contributed by atoms with E-state index in [-0.39, 0.29) is 10.6 Å². The van der Waals surface area contributed by atoms with E-state index in [4.69, 9.17) is 26.8 Å². The van der Waals surface area contributed by atoms with E-state index in [1.165, 1.54) is 13.2 Å². The van der Waals surface area contributed by atoms with Crippen LogP contribution in [0.1, 0.15) is 17.3 Å². The van der Waals surface area contributed by atoms with Gasteiger partial charge in [-0.2, -0.15) is 0 Å². The van der Waals surface area contributed by atoms with E-state index in [9.17, 15) is 4.79 Å². The number of methoxy groups -OCH3 is 1. The monoisotopic (exact) mass is 229 g/mol. The van der Waals surface area contributed by atoms with Crippen LogP contribution in [-0.4, -0.2) is 19.7 Å². The number of esters is 1. The Morgan fingerprint density at radius 1 is 1.53 bits per heavy atom. The van der Waals surface area contributed by atoms with Crippen molar-refractivity contribution in [3.63, 3.8) is 0 Å². The molecule has 0 spiro atoms. The van der Waals surface area contributed by atoms with Crippen LogP contribution in [0.5, 0.6) is 5.75 Å². The Labute approximate surface area is 92.9 Å². The molecule has 0 fully saturated rings. The topological polar surface area (TPSA) is 61.5 Å². The first-order valence-corrected chi connectivity index (χ1v) is 4.78. The molecule has 0 atom stereocenters. The first-order valence-electron chi connectivity index (χ1n) is 4.40. The Bertz CT molecular complexity index is 379. The van der Waals surface area contributed by atoms with Crippen LogP contribution in [0.4, 0.5) is 5.69 Å². The van der Waals surface area contributed by atoms with E-state index in [1.54, 1.807) is 13.0 Å². The number of carbonyl (C=O) groups excluding carboxylic acids is 1. The summed E-state index contributed by atoms with van der Waals surface area (Å²) >= 11 is 5.94. The average Bonchev–Trinajstić information content (AvgIpc) is 2.18. The second kappa shape index (κ2) is 4.89. The predicted octanol–water partition coefficient (Wildman–Crippen LogP) is 2.11. The van der Waals surface area contributed by atoms with Crippen molar-refractivity contribution in [3.8, 4) is 5.75 Å². The van der Waals surface area contributed by atoms with Gasteiger partial charge >= 0.3 is 5.97 Å². The van der Waals surface area contributed by atoms with Gasteiger partial charge in [0.15, 0.2) is 5.75 Å². The molecule has 0 unspecified atom stereocenters. The third-order valence-electron chi connectivity index (χ3n) is 1.83. The number of benzene rings is 1. The third kappa shape index (κ3) is 2.33. The summed E-state index contributed by atoms with van der Waals surface area (Å²) in [6.07, 6.45) is 0. The molecule has 1 aromatic rings. The molecule has 0 bridgehead atoms. The Morgan fingerprint density at radius 3 is 2.73 bits per heavy atom. The summed E-state index contributed by atoms with van der Waals surface area (Å²) in [5, 5.41) is 0.177. The van der Waals surface area contributed by atoms with Crippen molar-refractivity contribution >= 4 is 23.3 Å². The summed E-state index contributed by atoms with van der Waals surface area (Å²) in [5.41, 5.74) is 6.25. The van der Waals surface area contributed by atoms with Crippen LogP contribution in [0.2, 0.25) is 5.02 Å².